The summed E-state index contributed by atoms with van der Waals surface area (Å²) in [6.45, 7) is 0. The fourth-order valence-electron chi connectivity index (χ4n) is 1.86. The highest BCUT2D eigenvalue weighted by Gasteiger charge is 2.13. The number of benzene rings is 2. The second-order valence-electron chi connectivity index (χ2n) is 4.60. The Morgan fingerprint density at radius 3 is 2.65 bits per heavy atom. The third-order valence-corrected chi connectivity index (χ3v) is 5.15. The molecule has 2 N–H and O–H groups in total. The first kappa shape index (κ1) is 17.5. The summed E-state index contributed by atoms with van der Waals surface area (Å²) in [4.78, 5) is 11.8. The van der Waals surface area contributed by atoms with Crippen LogP contribution in [0.1, 0.15) is 11.1 Å². The summed E-state index contributed by atoms with van der Waals surface area (Å²) in [6.07, 6.45) is 1.72. The maximum Gasteiger partial charge on any atom is 0.244 e. The van der Waals surface area contributed by atoms with Gasteiger partial charge in [0.05, 0.1) is 24.2 Å². The van der Waals surface area contributed by atoms with E-state index in [9.17, 15) is 9.90 Å². The van der Waals surface area contributed by atoms with E-state index in [0.717, 1.165) is 5.56 Å². The first-order chi connectivity index (χ1) is 11.0. The number of hydrogen-bond acceptors (Lipinski definition) is 4. The number of rotatable bonds is 5. The predicted molar refractivity (Wildman–Crippen MR) is 95.9 cm³/mol. The minimum Gasteiger partial charge on any atom is -0.503 e. The molecule has 120 valence electrons. The predicted octanol–water partition coefficient (Wildman–Crippen LogP) is 3.62. The monoisotopic (exact) mass is 440 g/mol. The third-order valence-electron chi connectivity index (χ3n) is 2.99. The van der Waals surface area contributed by atoms with Crippen LogP contribution in [0.3, 0.4) is 0 Å². The Bertz CT molecular complexity index is 734. The van der Waals surface area contributed by atoms with Crippen LogP contribution in [0.4, 0.5) is 0 Å². The lowest BCUT2D eigenvalue weighted by Crippen LogP contribution is -2.19. The van der Waals surface area contributed by atoms with Crippen LogP contribution in [0.25, 0.3) is 0 Å². The van der Waals surface area contributed by atoms with Crippen LogP contribution in [-0.4, -0.2) is 24.3 Å². The zero-order valence-electron chi connectivity index (χ0n) is 12.2. The van der Waals surface area contributed by atoms with Crippen LogP contribution in [0, 0.1) is 0 Å². The number of aromatic hydroxyl groups is 1. The van der Waals surface area contributed by atoms with Crippen LogP contribution < -0.4 is 10.2 Å². The van der Waals surface area contributed by atoms with E-state index in [1.165, 1.54) is 13.3 Å². The van der Waals surface area contributed by atoms with Gasteiger partial charge in [0.2, 0.25) is 5.91 Å². The van der Waals surface area contributed by atoms with E-state index in [4.69, 9.17) is 4.74 Å². The summed E-state index contributed by atoms with van der Waals surface area (Å²) >= 11 is 6.61. The first-order valence-electron chi connectivity index (χ1n) is 6.63. The molecule has 0 saturated carbocycles. The Morgan fingerprint density at radius 1 is 1.30 bits per heavy atom. The molecule has 2 rings (SSSR count). The number of hydrogen-bond donors (Lipinski definition) is 2. The van der Waals surface area contributed by atoms with Gasteiger partial charge in [0.15, 0.2) is 11.5 Å². The average molecular weight is 442 g/mol. The van der Waals surface area contributed by atoms with Gasteiger partial charge in [-0.05, 0) is 43.5 Å². The molecule has 2 aromatic rings. The molecule has 0 radical (unpaired) electrons. The zero-order chi connectivity index (χ0) is 16.8. The molecule has 23 heavy (non-hydrogen) atoms. The number of carbonyl (C=O) groups excluding carboxylic acids is 1. The fourth-order valence-corrected chi connectivity index (χ4v) is 2.68. The third kappa shape index (κ3) is 4.56. The van der Waals surface area contributed by atoms with E-state index >= 15 is 0 Å². The normalized spacial score (nSPS) is 10.7. The molecular weight excluding hydrogens is 428 g/mol. The Labute approximate surface area is 150 Å². The fraction of sp³-hybridized carbons (Fsp3) is 0.125. The molecule has 0 heterocycles. The lowest BCUT2D eigenvalue weighted by atomic mass is 10.1. The molecule has 0 saturated heterocycles. The quantitative estimate of drug-likeness (QED) is 0.549. The van der Waals surface area contributed by atoms with Gasteiger partial charge in [0, 0.05) is 10.0 Å². The summed E-state index contributed by atoms with van der Waals surface area (Å²) in [6, 6.07) is 11.0. The minimum absolute atomic E-state index is 0.00959. The molecule has 0 unspecified atom stereocenters. The molecule has 0 aliphatic carbocycles. The van der Waals surface area contributed by atoms with Gasteiger partial charge in [-0.25, -0.2) is 5.43 Å². The van der Waals surface area contributed by atoms with Crippen LogP contribution in [-0.2, 0) is 11.2 Å². The van der Waals surface area contributed by atoms with E-state index in [1.807, 2.05) is 30.3 Å². The molecule has 0 aromatic heterocycles. The largest absolute Gasteiger partial charge is 0.503 e. The number of halogens is 2. The Kier molecular flexibility index (Phi) is 6.18. The summed E-state index contributed by atoms with van der Waals surface area (Å²) in [5.41, 5.74) is 4.03. The molecule has 2 aromatic carbocycles. The molecule has 1 amide bonds. The summed E-state index contributed by atoms with van der Waals surface area (Å²) in [5.74, 6) is 0.0788. The standard InChI is InChI=1S/C16H14Br2N2O3/c1-23-12-8-11(14(17)15(18)16(12)22)9-19-20-13(21)7-10-5-3-2-4-6-10/h2-6,8-9,22H,7H2,1H3,(H,20,21)/b19-9+. The molecule has 0 atom stereocenters. The van der Waals surface area contributed by atoms with Crippen molar-refractivity contribution in [3.05, 3.63) is 56.5 Å². The smallest absolute Gasteiger partial charge is 0.244 e. The van der Waals surface area contributed by atoms with Crippen LogP contribution in [0.5, 0.6) is 11.5 Å². The van der Waals surface area contributed by atoms with Crippen molar-refractivity contribution in [1.29, 1.82) is 0 Å². The van der Waals surface area contributed by atoms with Gasteiger partial charge < -0.3 is 9.84 Å². The lowest BCUT2D eigenvalue weighted by molar-refractivity contribution is -0.120. The maximum absolute atomic E-state index is 11.8. The summed E-state index contributed by atoms with van der Waals surface area (Å²) in [5, 5.41) is 13.8. The average Bonchev–Trinajstić information content (AvgIpc) is 2.56. The number of amides is 1. The van der Waals surface area contributed by atoms with Gasteiger partial charge in [-0.3, -0.25) is 4.79 Å². The number of phenols is 1. The van der Waals surface area contributed by atoms with Crippen LogP contribution in [0.15, 0.2) is 50.4 Å². The number of carbonyl (C=O) groups is 1. The first-order valence-corrected chi connectivity index (χ1v) is 8.22. The molecule has 0 fully saturated rings. The zero-order valence-corrected chi connectivity index (χ0v) is 15.4. The van der Waals surface area contributed by atoms with E-state index < -0.39 is 0 Å². The number of ether oxygens (including phenoxy) is 1. The van der Waals surface area contributed by atoms with Crippen molar-refractivity contribution < 1.29 is 14.6 Å². The lowest BCUT2D eigenvalue weighted by Gasteiger charge is -2.09. The maximum atomic E-state index is 11.8. The number of methoxy groups -OCH3 is 1. The summed E-state index contributed by atoms with van der Waals surface area (Å²) in [7, 11) is 1.46. The number of phenolic OH excluding ortho intramolecular Hbond substituents is 1. The highest BCUT2D eigenvalue weighted by Crippen LogP contribution is 2.41. The highest BCUT2D eigenvalue weighted by atomic mass is 79.9. The van der Waals surface area contributed by atoms with Gasteiger partial charge >= 0.3 is 0 Å². The van der Waals surface area contributed by atoms with E-state index in [0.29, 0.717) is 20.3 Å². The molecule has 5 nitrogen and oxygen atoms in total. The molecule has 7 heteroatoms. The van der Waals surface area contributed by atoms with Gasteiger partial charge in [-0.2, -0.15) is 5.10 Å². The molecule has 0 spiro atoms. The van der Waals surface area contributed by atoms with Crippen LogP contribution in [0.2, 0.25) is 0 Å². The van der Waals surface area contributed by atoms with Crippen molar-refractivity contribution in [3.63, 3.8) is 0 Å². The molecule has 0 bridgehead atoms. The van der Waals surface area contributed by atoms with E-state index in [-0.39, 0.29) is 18.1 Å². The van der Waals surface area contributed by atoms with Crippen molar-refractivity contribution in [2.24, 2.45) is 5.10 Å². The number of nitrogens with zero attached hydrogens (tertiary/aromatic N) is 1. The van der Waals surface area contributed by atoms with Crippen molar-refractivity contribution in [2.45, 2.75) is 6.42 Å². The van der Waals surface area contributed by atoms with Gasteiger partial charge in [0.1, 0.15) is 0 Å². The number of hydrazone groups is 1. The van der Waals surface area contributed by atoms with Crippen molar-refractivity contribution in [2.75, 3.05) is 7.11 Å². The Hall–Kier alpha value is -1.86. The van der Waals surface area contributed by atoms with Gasteiger partial charge in [-0.1, -0.05) is 30.3 Å². The Balaban J connectivity index is 2.06. The molecular formula is C16H14Br2N2O3. The van der Waals surface area contributed by atoms with Crippen molar-refractivity contribution >= 4 is 44.0 Å². The second kappa shape index (κ2) is 8.12. The Morgan fingerprint density at radius 2 is 2.00 bits per heavy atom. The second-order valence-corrected chi connectivity index (χ2v) is 6.19. The molecule has 0 aliphatic rings. The SMILES string of the molecule is COc1cc(/C=N/NC(=O)Cc2ccccc2)c(Br)c(Br)c1O. The highest BCUT2D eigenvalue weighted by molar-refractivity contribution is 9.13. The number of nitrogens with one attached hydrogen (secondary N) is 1. The van der Waals surface area contributed by atoms with Gasteiger partial charge in [-0.15, -0.1) is 0 Å². The summed E-state index contributed by atoms with van der Waals surface area (Å²) < 4.78 is 6.14. The van der Waals surface area contributed by atoms with Crippen molar-refractivity contribution in [3.8, 4) is 11.5 Å². The van der Waals surface area contributed by atoms with E-state index in [1.54, 1.807) is 6.07 Å². The topological polar surface area (TPSA) is 70.9 Å². The van der Waals surface area contributed by atoms with Crippen LogP contribution >= 0.6 is 31.9 Å². The molecule has 0 aliphatic heterocycles. The van der Waals surface area contributed by atoms with Crippen molar-refractivity contribution in [1.82, 2.24) is 5.43 Å². The van der Waals surface area contributed by atoms with E-state index in [2.05, 4.69) is 42.4 Å². The minimum atomic E-state index is -0.214. The van der Waals surface area contributed by atoms with Gasteiger partial charge in [0.25, 0.3) is 0 Å².